The van der Waals surface area contributed by atoms with Gasteiger partial charge in [-0.2, -0.15) is 0 Å². The van der Waals surface area contributed by atoms with Gasteiger partial charge in [0.15, 0.2) is 0 Å². The molecule has 1 aromatic rings. The lowest BCUT2D eigenvalue weighted by Gasteiger charge is -2.39. The fourth-order valence-electron chi connectivity index (χ4n) is 2.89. The number of piperidine rings is 1. The molecular formula is C16H26N2O. The number of benzene rings is 1. The molecule has 3 heteroatoms. The molecule has 2 N–H and O–H groups in total. The molecule has 3 atom stereocenters. The predicted octanol–water partition coefficient (Wildman–Crippen LogP) is 2.58. The van der Waals surface area contributed by atoms with Gasteiger partial charge in [-0.3, -0.25) is 4.90 Å². The molecule has 1 aromatic carbocycles. The van der Waals surface area contributed by atoms with Gasteiger partial charge in [0.1, 0.15) is 0 Å². The highest BCUT2D eigenvalue weighted by atomic mass is 16.5. The lowest BCUT2D eigenvalue weighted by Crippen LogP contribution is -2.48. The number of nitrogens with two attached hydrogens (primary N) is 1. The SMILES string of the molecule is CCOC1CCCN(C(C)C(N)c2ccccc2)C1. The first-order chi connectivity index (χ1) is 9.22. The van der Waals surface area contributed by atoms with Gasteiger partial charge < -0.3 is 10.5 Å². The normalized spacial score (nSPS) is 24.1. The van der Waals surface area contributed by atoms with Crippen molar-refractivity contribution in [2.45, 2.75) is 44.9 Å². The van der Waals surface area contributed by atoms with Gasteiger partial charge in [-0.05, 0) is 38.8 Å². The van der Waals surface area contributed by atoms with Crippen LogP contribution in [0.1, 0.15) is 38.3 Å². The molecule has 3 nitrogen and oxygen atoms in total. The van der Waals surface area contributed by atoms with E-state index in [4.69, 9.17) is 10.5 Å². The summed E-state index contributed by atoms with van der Waals surface area (Å²) < 4.78 is 5.77. The van der Waals surface area contributed by atoms with Crippen LogP contribution >= 0.6 is 0 Å². The van der Waals surface area contributed by atoms with Gasteiger partial charge in [0.05, 0.1) is 6.10 Å². The largest absolute Gasteiger partial charge is 0.377 e. The Balaban J connectivity index is 1.96. The molecule has 0 amide bonds. The maximum Gasteiger partial charge on any atom is 0.0702 e. The smallest absolute Gasteiger partial charge is 0.0702 e. The lowest BCUT2D eigenvalue weighted by atomic mass is 9.97. The van der Waals surface area contributed by atoms with E-state index in [-0.39, 0.29) is 6.04 Å². The van der Waals surface area contributed by atoms with Gasteiger partial charge in [0.2, 0.25) is 0 Å². The Labute approximate surface area is 116 Å². The zero-order chi connectivity index (χ0) is 13.7. The van der Waals surface area contributed by atoms with E-state index in [0.29, 0.717) is 12.1 Å². The molecular weight excluding hydrogens is 236 g/mol. The summed E-state index contributed by atoms with van der Waals surface area (Å²) in [6, 6.07) is 10.8. The minimum Gasteiger partial charge on any atom is -0.377 e. The molecule has 0 bridgehead atoms. The van der Waals surface area contributed by atoms with Crippen molar-refractivity contribution in [1.29, 1.82) is 0 Å². The van der Waals surface area contributed by atoms with Crippen LogP contribution in [0.5, 0.6) is 0 Å². The number of hydrogen-bond donors (Lipinski definition) is 1. The van der Waals surface area contributed by atoms with Crippen LogP contribution in [0.3, 0.4) is 0 Å². The monoisotopic (exact) mass is 262 g/mol. The first kappa shape index (κ1) is 14.5. The van der Waals surface area contributed by atoms with Crippen molar-refractivity contribution in [3.05, 3.63) is 35.9 Å². The van der Waals surface area contributed by atoms with Gasteiger partial charge in [-0.1, -0.05) is 30.3 Å². The van der Waals surface area contributed by atoms with Crippen LogP contribution in [0.4, 0.5) is 0 Å². The highest BCUT2D eigenvalue weighted by Gasteiger charge is 2.27. The van der Waals surface area contributed by atoms with E-state index in [1.54, 1.807) is 0 Å². The average molecular weight is 262 g/mol. The fraction of sp³-hybridized carbons (Fsp3) is 0.625. The van der Waals surface area contributed by atoms with Crippen LogP contribution in [0.2, 0.25) is 0 Å². The Morgan fingerprint density at radius 2 is 2.11 bits per heavy atom. The van der Waals surface area contributed by atoms with Crippen LogP contribution in [0, 0.1) is 0 Å². The van der Waals surface area contributed by atoms with Crippen molar-refractivity contribution in [1.82, 2.24) is 4.90 Å². The molecule has 1 aliphatic rings. The van der Waals surface area contributed by atoms with Gasteiger partial charge >= 0.3 is 0 Å². The standard InChI is InChI=1S/C16H26N2O/c1-3-19-15-10-7-11-18(12-15)13(2)16(17)14-8-5-4-6-9-14/h4-6,8-9,13,15-16H,3,7,10-12,17H2,1-2H3. The molecule has 19 heavy (non-hydrogen) atoms. The van der Waals surface area contributed by atoms with E-state index < -0.39 is 0 Å². The van der Waals surface area contributed by atoms with Gasteiger partial charge in [0, 0.05) is 25.2 Å². The zero-order valence-electron chi connectivity index (χ0n) is 12.1. The minimum atomic E-state index is 0.0709. The molecule has 0 spiro atoms. The second-order valence-electron chi connectivity index (χ2n) is 5.39. The summed E-state index contributed by atoms with van der Waals surface area (Å²) in [6.45, 7) is 7.24. The van der Waals surface area contributed by atoms with Crippen molar-refractivity contribution >= 4 is 0 Å². The highest BCUT2D eigenvalue weighted by Crippen LogP contribution is 2.22. The van der Waals surface area contributed by atoms with E-state index in [2.05, 4.69) is 43.0 Å². The summed E-state index contributed by atoms with van der Waals surface area (Å²) in [7, 11) is 0. The molecule has 0 saturated carbocycles. The van der Waals surface area contributed by atoms with E-state index in [1.807, 2.05) is 6.07 Å². The average Bonchev–Trinajstić information content (AvgIpc) is 2.47. The molecule has 3 unspecified atom stereocenters. The van der Waals surface area contributed by atoms with Crippen molar-refractivity contribution in [3.63, 3.8) is 0 Å². The van der Waals surface area contributed by atoms with Crippen LogP contribution in [0.15, 0.2) is 30.3 Å². The second-order valence-corrected chi connectivity index (χ2v) is 5.39. The molecule has 1 fully saturated rings. The van der Waals surface area contributed by atoms with Crippen molar-refractivity contribution < 1.29 is 4.74 Å². The first-order valence-corrected chi connectivity index (χ1v) is 7.38. The van der Waals surface area contributed by atoms with Crippen molar-refractivity contribution in [3.8, 4) is 0 Å². The summed E-state index contributed by atoms with van der Waals surface area (Å²) in [5.74, 6) is 0. The van der Waals surface area contributed by atoms with E-state index in [9.17, 15) is 0 Å². The van der Waals surface area contributed by atoms with Gasteiger partial charge in [-0.25, -0.2) is 0 Å². The number of nitrogens with zero attached hydrogens (tertiary/aromatic N) is 1. The van der Waals surface area contributed by atoms with Gasteiger partial charge in [0.25, 0.3) is 0 Å². The van der Waals surface area contributed by atoms with Crippen molar-refractivity contribution in [2.75, 3.05) is 19.7 Å². The number of hydrogen-bond acceptors (Lipinski definition) is 3. The maximum atomic E-state index is 6.41. The van der Waals surface area contributed by atoms with E-state index in [1.165, 1.54) is 18.4 Å². The molecule has 1 saturated heterocycles. The number of ether oxygens (including phenoxy) is 1. The Hall–Kier alpha value is -0.900. The fourth-order valence-corrected chi connectivity index (χ4v) is 2.89. The molecule has 2 rings (SSSR count). The molecule has 106 valence electrons. The third kappa shape index (κ3) is 3.78. The Bertz CT molecular complexity index is 366. The van der Waals surface area contributed by atoms with Crippen LogP contribution in [0.25, 0.3) is 0 Å². The Morgan fingerprint density at radius 3 is 2.79 bits per heavy atom. The molecule has 0 aromatic heterocycles. The maximum absolute atomic E-state index is 6.41. The summed E-state index contributed by atoms with van der Waals surface area (Å²) in [5, 5.41) is 0. The molecule has 0 radical (unpaired) electrons. The lowest BCUT2D eigenvalue weighted by molar-refractivity contribution is -0.00831. The van der Waals surface area contributed by atoms with E-state index >= 15 is 0 Å². The summed E-state index contributed by atoms with van der Waals surface area (Å²) in [4.78, 5) is 2.47. The van der Waals surface area contributed by atoms with Gasteiger partial charge in [-0.15, -0.1) is 0 Å². The van der Waals surface area contributed by atoms with Crippen LogP contribution in [-0.4, -0.2) is 36.7 Å². The number of likely N-dealkylation sites (tertiary alicyclic amines) is 1. The second kappa shape index (κ2) is 7.04. The van der Waals surface area contributed by atoms with E-state index in [0.717, 1.165) is 19.7 Å². The zero-order valence-corrected chi connectivity index (χ0v) is 12.1. The summed E-state index contributed by atoms with van der Waals surface area (Å²) >= 11 is 0. The predicted molar refractivity (Wildman–Crippen MR) is 79.1 cm³/mol. The minimum absolute atomic E-state index is 0.0709. The summed E-state index contributed by atoms with van der Waals surface area (Å²) in [5.41, 5.74) is 7.62. The van der Waals surface area contributed by atoms with Crippen LogP contribution < -0.4 is 5.73 Å². The number of rotatable bonds is 5. The Kier molecular flexibility index (Phi) is 5.37. The Morgan fingerprint density at radius 1 is 1.37 bits per heavy atom. The van der Waals surface area contributed by atoms with Crippen molar-refractivity contribution in [2.24, 2.45) is 5.73 Å². The molecule has 0 aliphatic carbocycles. The molecule has 1 heterocycles. The highest BCUT2D eigenvalue weighted by molar-refractivity contribution is 5.20. The quantitative estimate of drug-likeness (QED) is 0.886. The third-order valence-electron chi connectivity index (χ3n) is 4.09. The molecule has 1 aliphatic heterocycles. The topological polar surface area (TPSA) is 38.5 Å². The summed E-state index contributed by atoms with van der Waals surface area (Å²) in [6.07, 6.45) is 2.76. The van der Waals surface area contributed by atoms with Crippen LogP contribution in [-0.2, 0) is 4.74 Å². The first-order valence-electron chi connectivity index (χ1n) is 7.38. The third-order valence-corrected chi connectivity index (χ3v) is 4.09.